The first kappa shape index (κ1) is 12.6. The fourth-order valence-corrected chi connectivity index (χ4v) is 2.05. The van der Waals surface area contributed by atoms with E-state index in [9.17, 15) is 0 Å². The summed E-state index contributed by atoms with van der Waals surface area (Å²) in [4.78, 5) is 17.1. The maximum absolute atomic E-state index is 8.93. The van der Waals surface area contributed by atoms with Crippen molar-refractivity contribution in [1.29, 1.82) is 0 Å². The van der Waals surface area contributed by atoms with Gasteiger partial charge in [0.15, 0.2) is 5.65 Å². The van der Waals surface area contributed by atoms with E-state index in [0.717, 1.165) is 41.1 Å². The molecule has 3 heterocycles. The largest absolute Gasteiger partial charge is 0.390 e. The summed E-state index contributed by atoms with van der Waals surface area (Å²) < 4.78 is 0. The maximum atomic E-state index is 8.93. The van der Waals surface area contributed by atoms with E-state index in [1.807, 2.05) is 6.92 Å². The number of H-pyrrole nitrogens is 1. The van der Waals surface area contributed by atoms with E-state index in [2.05, 4.69) is 30.1 Å². The van der Waals surface area contributed by atoms with Crippen LogP contribution in [0.2, 0.25) is 0 Å². The van der Waals surface area contributed by atoms with Gasteiger partial charge in [-0.3, -0.25) is 15.1 Å². The van der Waals surface area contributed by atoms with E-state index in [-0.39, 0.29) is 6.61 Å². The summed E-state index contributed by atoms with van der Waals surface area (Å²) in [6, 6.07) is 0. The maximum Gasteiger partial charge on any atom is 0.159 e. The lowest BCUT2D eigenvalue weighted by atomic mass is 10.1. The Kier molecular flexibility index (Phi) is 3.34. The van der Waals surface area contributed by atoms with Crippen LogP contribution in [0.25, 0.3) is 11.0 Å². The van der Waals surface area contributed by atoms with Gasteiger partial charge in [0.1, 0.15) is 5.82 Å². The summed E-state index contributed by atoms with van der Waals surface area (Å²) in [6.07, 6.45) is 6.49. The number of hydrogen-bond acceptors (Lipinski definition) is 6. The second-order valence-electron chi connectivity index (χ2n) is 4.51. The first-order valence-electron chi connectivity index (χ1n) is 6.33. The van der Waals surface area contributed by atoms with Crippen LogP contribution >= 0.6 is 0 Å². The molecule has 0 saturated heterocycles. The van der Waals surface area contributed by atoms with E-state index < -0.39 is 0 Å². The van der Waals surface area contributed by atoms with Crippen molar-refractivity contribution in [2.75, 3.05) is 0 Å². The molecule has 3 aromatic heterocycles. The number of aromatic nitrogens is 6. The van der Waals surface area contributed by atoms with Gasteiger partial charge >= 0.3 is 0 Å². The van der Waals surface area contributed by atoms with Gasteiger partial charge in [-0.15, -0.1) is 0 Å². The molecule has 0 aliphatic carbocycles. The van der Waals surface area contributed by atoms with Crippen LogP contribution in [0.15, 0.2) is 18.6 Å². The van der Waals surface area contributed by atoms with Gasteiger partial charge in [0.2, 0.25) is 0 Å². The summed E-state index contributed by atoms with van der Waals surface area (Å²) in [5.74, 6) is 0.721. The number of aromatic amines is 1. The minimum atomic E-state index is -0.0893. The van der Waals surface area contributed by atoms with E-state index in [1.54, 1.807) is 18.6 Å². The van der Waals surface area contributed by atoms with Gasteiger partial charge in [-0.2, -0.15) is 5.10 Å². The molecule has 3 aromatic rings. The van der Waals surface area contributed by atoms with Crippen molar-refractivity contribution in [1.82, 2.24) is 30.1 Å². The molecule has 0 spiro atoms. The molecule has 102 valence electrons. The molecular weight excluding hydrogens is 256 g/mol. The second kappa shape index (κ2) is 5.30. The first-order chi connectivity index (χ1) is 9.76. The third-order valence-electron chi connectivity index (χ3n) is 3.04. The van der Waals surface area contributed by atoms with E-state index in [1.165, 1.54) is 0 Å². The predicted octanol–water partition coefficient (Wildman–Crippen LogP) is 0.729. The van der Waals surface area contributed by atoms with Gasteiger partial charge in [0.25, 0.3) is 0 Å². The van der Waals surface area contributed by atoms with Gasteiger partial charge in [-0.25, -0.2) is 9.97 Å². The molecular formula is C13H14N6O. The van der Waals surface area contributed by atoms with Crippen LogP contribution in [0.5, 0.6) is 0 Å². The quantitative estimate of drug-likeness (QED) is 0.724. The van der Waals surface area contributed by atoms with Gasteiger partial charge < -0.3 is 5.11 Å². The third kappa shape index (κ3) is 2.48. The van der Waals surface area contributed by atoms with Gasteiger partial charge in [-0.1, -0.05) is 0 Å². The third-order valence-corrected chi connectivity index (χ3v) is 3.04. The molecule has 0 aliphatic rings. The molecule has 2 N–H and O–H groups in total. The van der Waals surface area contributed by atoms with Gasteiger partial charge in [0.05, 0.1) is 41.5 Å². The SMILES string of the molecule is Cc1nc(CCc2cnc(CO)cn2)c2cn[nH]c2n1. The highest BCUT2D eigenvalue weighted by Gasteiger charge is 2.08. The van der Waals surface area contributed by atoms with Crippen LogP contribution in [0.3, 0.4) is 0 Å². The number of hydrogen-bond donors (Lipinski definition) is 2. The minimum absolute atomic E-state index is 0.0893. The lowest BCUT2D eigenvalue weighted by Crippen LogP contribution is -2.02. The highest BCUT2D eigenvalue weighted by atomic mass is 16.3. The van der Waals surface area contributed by atoms with Crippen LogP contribution in [-0.2, 0) is 19.4 Å². The van der Waals surface area contributed by atoms with Crippen molar-refractivity contribution >= 4 is 11.0 Å². The van der Waals surface area contributed by atoms with E-state index >= 15 is 0 Å². The zero-order valence-electron chi connectivity index (χ0n) is 11.0. The molecule has 3 rings (SSSR count). The number of rotatable bonds is 4. The highest BCUT2D eigenvalue weighted by molar-refractivity contribution is 5.76. The molecule has 0 bridgehead atoms. The number of fused-ring (bicyclic) bond motifs is 1. The Morgan fingerprint density at radius 2 is 1.85 bits per heavy atom. The topological polar surface area (TPSA) is 100 Å². The number of aryl methyl sites for hydroxylation is 3. The van der Waals surface area contributed by atoms with Crippen molar-refractivity contribution in [3.63, 3.8) is 0 Å². The van der Waals surface area contributed by atoms with Crippen molar-refractivity contribution in [3.05, 3.63) is 41.5 Å². The van der Waals surface area contributed by atoms with Crippen molar-refractivity contribution in [3.8, 4) is 0 Å². The summed E-state index contributed by atoms with van der Waals surface area (Å²) in [7, 11) is 0. The van der Waals surface area contributed by atoms with Gasteiger partial charge in [0, 0.05) is 6.20 Å². The Morgan fingerprint density at radius 3 is 2.60 bits per heavy atom. The highest BCUT2D eigenvalue weighted by Crippen LogP contribution is 2.14. The lowest BCUT2D eigenvalue weighted by molar-refractivity contribution is 0.276. The fourth-order valence-electron chi connectivity index (χ4n) is 2.05. The smallest absolute Gasteiger partial charge is 0.159 e. The van der Waals surface area contributed by atoms with E-state index in [4.69, 9.17) is 5.11 Å². The average molecular weight is 270 g/mol. The predicted molar refractivity (Wildman–Crippen MR) is 71.8 cm³/mol. The fraction of sp³-hybridized carbons (Fsp3) is 0.308. The Hall–Kier alpha value is -2.41. The monoisotopic (exact) mass is 270 g/mol. The summed E-state index contributed by atoms with van der Waals surface area (Å²) in [5, 5.41) is 16.7. The Labute approximate surface area is 115 Å². The van der Waals surface area contributed by atoms with Crippen molar-refractivity contribution in [2.24, 2.45) is 0 Å². The van der Waals surface area contributed by atoms with Crippen LogP contribution < -0.4 is 0 Å². The molecule has 0 saturated carbocycles. The molecule has 0 amide bonds. The van der Waals surface area contributed by atoms with Crippen molar-refractivity contribution in [2.45, 2.75) is 26.4 Å². The molecule has 0 unspecified atom stereocenters. The molecule has 0 aliphatic heterocycles. The normalized spacial score (nSPS) is 11.1. The molecule has 7 heteroatoms. The average Bonchev–Trinajstić information content (AvgIpc) is 2.93. The summed E-state index contributed by atoms with van der Waals surface area (Å²) in [5.41, 5.74) is 3.16. The van der Waals surface area contributed by atoms with Gasteiger partial charge in [-0.05, 0) is 19.8 Å². The molecule has 20 heavy (non-hydrogen) atoms. The van der Waals surface area contributed by atoms with Crippen molar-refractivity contribution < 1.29 is 5.11 Å². The lowest BCUT2D eigenvalue weighted by Gasteiger charge is -2.03. The standard InChI is InChI=1S/C13H14N6O/c1-8-17-12(11-6-16-19-13(11)18-8)3-2-9-4-15-10(7-20)5-14-9/h4-6,20H,2-3,7H2,1H3,(H,16,17,18,19). The van der Waals surface area contributed by atoms with E-state index in [0.29, 0.717) is 5.69 Å². The number of nitrogens with zero attached hydrogens (tertiary/aromatic N) is 5. The first-order valence-corrected chi connectivity index (χ1v) is 6.33. The van der Waals surface area contributed by atoms with Crippen LogP contribution in [-0.4, -0.2) is 35.2 Å². The van der Waals surface area contributed by atoms with Crippen LogP contribution in [0, 0.1) is 6.92 Å². The summed E-state index contributed by atoms with van der Waals surface area (Å²) >= 11 is 0. The Bertz CT molecular complexity index is 721. The van der Waals surface area contributed by atoms with Crippen LogP contribution in [0.1, 0.15) is 22.9 Å². The Balaban J connectivity index is 1.80. The number of nitrogens with one attached hydrogen (secondary N) is 1. The zero-order chi connectivity index (χ0) is 13.9. The minimum Gasteiger partial charge on any atom is -0.390 e. The molecule has 0 aromatic carbocycles. The molecule has 7 nitrogen and oxygen atoms in total. The summed E-state index contributed by atoms with van der Waals surface area (Å²) in [6.45, 7) is 1.77. The molecule has 0 fully saturated rings. The second-order valence-corrected chi connectivity index (χ2v) is 4.51. The zero-order valence-corrected chi connectivity index (χ0v) is 11.0. The molecule has 0 radical (unpaired) electrons. The van der Waals surface area contributed by atoms with Crippen LogP contribution in [0.4, 0.5) is 0 Å². The number of aliphatic hydroxyl groups excluding tert-OH is 1. The molecule has 0 atom stereocenters. The number of aliphatic hydroxyl groups is 1. The Morgan fingerprint density at radius 1 is 1.05 bits per heavy atom.